The van der Waals surface area contributed by atoms with Crippen LogP contribution in [0.1, 0.15) is 0 Å². The van der Waals surface area contributed by atoms with Gasteiger partial charge in [0.2, 0.25) is 0 Å². The smallest absolute Gasteiger partial charge is 0.0938 e. The third kappa shape index (κ3) is 1.39. The lowest BCUT2D eigenvalue weighted by Crippen LogP contribution is -1.90. The molecule has 0 saturated heterocycles. The van der Waals surface area contributed by atoms with E-state index in [0.29, 0.717) is 5.69 Å². The van der Waals surface area contributed by atoms with Crippen molar-refractivity contribution in [3.8, 4) is 0 Å². The van der Waals surface area contributed by atoms with Crippen molar-refractivity contribution in [1.82, 2.24) is 4.98 Å². The Morgan fingerprint density at radius 3 is 2.75 bits per heavy atom. The van der Waals surface area contributed by atoms with Crippen LogP contribution in [0, 0.1) is 0 Å². The average Bonchev–Trinajstić information content (AvgIpc) is 2.27. The van der Waals surface area contributed by atoms with Crippen LogP contribution in [-0.4, -0.2) is 4.98 Å². The molecule has 0 amide bonds. The second kappa shape index (κ2) is 3.35. The molecule has 0 bridgehead atoms. The van der Waals surface area contributed by atoms with Gasteiger partial charge in [0.15, 0.2) is 0 Å². The molecule has 3 heteroatoms. The number of para-hydroxylation sites is 1. The van der Waals surface area contributed by atoms with Gasteiger partial charge in [0.1, 0.15) is 0 Å². The van der Waals surface area contributed by atoms with Crippen LogP contribution in [-0.2, 0) is 0 Å². The second-order valence-corrected chi connectivity index (χ2v) is 4.18. The van der Waals surface area contributed by atoms with Gasteiger partial charge in [-0.25, -0.2) is 4.98 Å². The number of nitrogens with zero attached hydrogens (tertiary/aromatic N) is 1. The summed E-state index contributed by atoms with van der Waals surface area (Å²) in [6.07, 6.45) is 0. The summed E-state index contributed by atoms with van der Waals surface area (Å²) < 4.78 is 0. The molecule has 16 heavy (non-hydrogen) atoms. The van der Waals surface area contributed by atoms with Gasteiger partial charge < -0.3 is 5.73 Å². The molecule has 0 aliphatic carbocycles. The minimum Gasteiger partial charge on any atom is -0.397 e. The largest absolute Gasteiger partial charge is 0.397 e. The first-order chi connectivity index (χ1) is 7.74. The molecular formula is C13H9ClN2. The molecule has 0 radical (unpaired) electrons. The zero-order chi connectivity index (χ0) is 11.1. The summed E-state index contributed by atoms with van der Waals surface area (Å²) in [6, 6.07) is 13.5. The standard InChI is InChI=1S/C13H9ClN2/c14-10-4-5-12-9(7-10)6-8-2-1-3-11(15)13(8)16-12/h1-7H,15H2. The molecule has 2 aromatic carbocycles. The van der Waals surface area contributed by atoms with Crippen LogP contribution < -0.4 is 5.73 Å². The molecule has 2 nitrogen and oxygen atoms in total. The average molecular weight is 229 g/mol. The number of anilines is 1. The van der Waals surface area contributed by atoms with E-state index in [1.54, 1.807) is 0 Å². The molecule has 3 aromatic rings. The fraction of sp³-hybridized carbons (Fsp3) is 0. The maximum atomic E-state index is 5.95. The second-order valence-electron chi connectivity index (χ2n) is 3.74. The van der Waals surface area contributed by atoms with E-state index in [1.807, 2.05) is 36.4 Å². The van der Waals surface area contributed by atoms with Crippen LogP contribution >= 0.6 is 11.6 Å². The number of pyridine rings is 1. The van der Waals surface area contributed by atoms with E-state index >= 15 is 0 Å². The zero-order valence-corrected chi connectivity index (χ0v) is 9.20. The van der Waals surface area contributed by atoms with Crippen LogP contribution in [0.15, 0.2) is 42.5 Å². The molecule has 0 aliphatic heterocycles. The highest BCUT2D eigenvalue weighted by atomic mass is 35.5. The third-order valence-corrected chi connectivity index (χ3v) is 2.87. The van der Waals surface area contributed by atoms with Gasteiger partial charge in [-0.1, -0.05) is 23.7 Å². The Labute approximate surface area is 97.7 Å². The van der Waals surface area contributed by atoms with Crippen molar-refractivity contribution in [2.75, 3.05) is 5.73 Å². The highest BCUT2D eigenvalue weighted by Gasteiger charge is 2.02. The van der Waals surface area contributed by atoms with Gasteiger partial charge in [-0.3, -0.25) is 0 Å². The lowest BCUT2D eigenvalue weighted by Gasteiger charge is -2.04. The fourth-order valence-electron chi connectivity index (χ4n) is 1.86. The number of rotatable bonds is 0. The number of hydrogen-bond acceptors (Lipinski definition) is 2. The van der Waals surface area contributed by atoms with E-state index in [1.165, 1.54) is 0 Å². The maximum absolute atomic E-state index is 5.95. The maximum Gasteiger partial charge on any atom is 0.0938 e. The SMILES string of the molecule is Nc1cccc2cc3cc(Cl)ccc3nc12. The van der Waals surface area contributed by atoms with Gasteiger partial charge >= 0.3 is 0 Å². The molecule has 0 aliphatic rings. The Hall–Kier alpha value is -1.80. The minimum absolute atomic E-state index is 0.703. The summed E-state index contributed by atoms with van der Waals surface area (Å²) in [4.78, 5) is 4.53. The predicted octanol–water partition coefficient (Wildman–Crippen LogP) is 3.62. The third-order valence-electron chi connectivity index (χ3n) is 2.63. The first-order valence-electron chi connectivity index (χ1n) is 4.98. The first kappa shape index (κ1) is 9.43. The summed E-state index contributed by atoms with van der Waals surface area (Å²) in [7, 11) is 0. The Kier molecular flexibility index (Phi) is 1.98. The summed E-state index contributed by atoms with van der Waals surface area (Å²) in [5.74, 6) is 0. The van der Waals surface area contributed by atoms with Gasteiger partial charge in [0.25, 0.3) is 0 Å². The number of hydrogen-bond donors (Lipinski definition) is 1. The minimum atomic E-state index is 0.703. The molecule has 0 saturated carbocycles. The van der Waals surface area contributed by atoms with Crippen molar-refractivity contribution in [2.45, 2.75) is 0 Å². The van der Waals surface area contributed by atoms with Gasteiger partial charge in [-0.05, 0) is 30.3 Å². The molecule has 0 fully saturated rings. The molecular weight excluding hydrogens is 220 g/mol. The number of halogens is 1. The fourth-order valence-corrected chi connectivity index (χ4v) is 2.04. The molecule has 3 rings (SSSR count). The van der Waals surface area contributed by atoms with Gasteiger partial charge in [0.05, 0.1) is 16.7 Å². The molecule has 2 N–H and O–H groups in total. The van der Waals surface area contributed by atoms with E-state index in [-0.39, 0.29) is 0 Å². The monoisotopic (exact) mass is 228 g/mol. The van der Waals surface area contributed by atoms with Gasteiger partial charge in [0, 0.05) is 15.8 Å². The molecule has 78 valence electrons. The summed E-state index contributed by atoms with van der Waals surface area (Å²) in [5, 5.41) is 2.79. The Morgan fingerprint density at radius 1 is 1.00 bits per heavy atom. The van der Waals surface area contributed by atoms with Crippen molar-refractivity contribution in [1.29, 1.82) is 0 Å². The number of nitrogen functional groups attached to an aromatic ring is 1. The lowest BCUT2D eigenvalue weighted by atomic mass is 10.1. The van der Waals surface area contributed by atoms with Crippen molar-refractivity contribution in [3.05, 3.63) is 47.5 Å². The van der Waals surface area contributed by atoms with E-state index in [9.17, 15) is 0 Å². The number of fused-ring (bicyclic) bond motifs is 2. The Balaban J connectivity index is 2.49. The Bertz CT molecular complexity index is 691. The van der Waals surface area contributed by atoms with Crippen LogP contribution in [0.3, 0.4) is 0 Å². The van der Waals surface area contributed by atoms with Crippen molar-refractivity contribution in [2.24, 2.45) is 0 Å². The van der Waals surface area contributed by atoms with Crippen LogP contribution in [0.4, 0.5) is 5.69 Å². The number of benzene rings is 2. The summed E-state index contributed by atoms with van der Waals surface area (Å²) >= 11 is 5.95. The quantitative estimate of drug-likeness (QED) is 0.472. The summed E-state index contributed by atoms with van der Waals surface area (Å²) in [6.45, 7) is 0. The van der Waals surface area contributed by atoms with E-state index in [0.717, 1.165) is 26.8 Å². The molecule has 1 aromatic heterocycles. The van der Waals surface area contributed by atoms with Gasteiger partial charge in [-0.2, -0.15) is 0 Å². The Morgan fingerprint density at radius 2 is 1.88 bits per heavy atom. The zero-order valence-electron chi connectivity index (χ0n) is 8.44. The number of nitrogens with two attached hydrogens (primary N) is 1. The lowest BCUT2D eigenvalue weighted by molar-refractivity contribution is 1.50. The van der Waals surface area contributed by atoms with Crippen LogP contribution in [0.2, 0.25) is 5.02 Å². The molecule has 0 atom stereocenters. The molecule has 1 heterocycles. The van der Waals surface area contributed by atoms with Crippen molar-refractivity contribution in [3.63, 3.8) is 0 Å². The highest BCUT2D eigenvalue weighted by Crippen LogP contribution is 2.25. The van der Waals surface area contributed by atoms with E-state index in [4.69, 9.17) is 17.3 Å². The van der Waals surface area contributed by atoms with Crippen molar-refractivity contribution < 1.29 is 0 Å². The van der Waals surface area contributed by atoms with E-state index in [2.05, 4.69) is 11.1 Å². The van der Waals surface area contributed by atoms with E-state index < -0.39 is 0 Å². The highest BCUT2D eigenvalue weighted by molar-refractivity contribution is 6.31. The predicted molar refractivity (Wildman–Crippen MR) is 68.7 cm³/mol. The molecule has 0 unspecified atom stereocenters. The van der Waals surface area contributed by atoms with Crippen molar-refractivity contribution >= 4 is 39.1 Å². The van der Waals surface area contributed by atoms with Crippen LogP contribution in [0.5, 0.6) is 0 Å². The topological polar surface area (TPSA) is 38.9 Å². The number of aromatic nitrogens is 1. The molecule has 0 spiro atoms. The van der Waals surface area contributed by atoms with Crippen LogP contribution in [0.25, 0.3) is 21.8 Å². The first-order valence-corrected chi connectivity index (χ1v) is 5.36. The summed E-state index contributed by atoms with van der Waals surface area (Å²) in [5.41, 5.74) is 8.35. The normalized spacial score (nSPS) is 11.1. The van der Waals surface area contributed by atoms with Gasteiger partial charge in [-0.15, -0.1) is 0 Å².